The molecule has 9 nitrogen and oxygen atoms in total. The minimum absolute atomic E-state index is 0.0106. The monoisotopic (exact) mass is 533 g/mol. The number of amides is 1. The van der Waals surface area contributed by atoms with E-state index in [-0.39, 0.29) is 5.91 Å². The fourth-order valence-corrected chi connectivity index (χ4v) is 5.43. The van der Waals surface area contributed by atoms with Crippen LogP contribution in [0.4, 0.5) is 11.4 Å². The van der Waals surface area contributed by atoms with Crippen molar-refractivity contribution in [1.82, 2.24) is 4.90 Å². The minimum atomic E-state index is -0.419. The highest BCUT2D eigenvalue weighted by molar-refractivity contribution is 8.00. The number of likely N-dealkylation sites (N-methyl/N-ethyl adjacent to an activating group) is 2. The van der Waals surface area contributed by atoms with E-state index in [9.17, 15) is 4.79 Å². The smallest absolute Gasteiger partial charge is 0.244 e. The van der Waals surface area contributed by atoms with Gasteiger partial charge in [-0.3, -0.25) is 4.79 Å². The normalized spacial score (nSPS) is 14.6. The zero-order valence-electron chi connectivity index (χ0n) is 21.7. The van der Waals surface area contributed by atoms with Crippen molar-refractivity contribution in [3.63, 3.8) is 0 Å². The predicted molar refractivity (Wildman–Crippen MR) is 150 cm³/mol. The molecular formula is C28H31N5O4S. The van der Waals surface area contributed by atoms with Gasteiger partial charge in [-0.1, -0.05) is 29.4 Å². The van der Waals surface area contributed by atoms with Crippen LogP contribution in [-0.2, 0) is 4.79 Å². The lowest BCUT2D eigenvalue weighted by molar-refractivity contribution is -0.118. The Bertz CT molecular complexity index is 1310. The van der Waals surface area contributed by atoms with Gasteiger partial charge in [0.1, 0.15) is 29.1 Å². The summed E-state index contributed by atoms with van der Waals surface area (Å²) < 4.78 is 17.4. The number of para-hydroxylation sites is 1. The third-order valence-electron chi connectivity index (χ3n) is 6.19. The minimum Gasteiger partial charge on any atom is -0.497 e. The molecule has 3 aromatic carbocycles. The summed E-state index contributed by atoms with van der Waals surface area (Å²) in [6, 6.07) is 20.6. The summed E-state index contributed by atoms with van der Waals surface area (Å²) >= 11 is 1.54. The van der Waals surface area contributed by atoms with Crippen LogP contribution in [0.25, 0.3) is 10.4 Å². The molecule has 1 heterocycles. The van der Waals surface area contributed by atoms with E-state index in [2.05, 4.69) is 14.9 Å². The number of benzene rings is 3. The molecule has 0 spiro atoms. The zero-order valence-corrected chi connectivity index (χ0v) is 22.6. The number of methoxy groups -OCH3 is 1. The Kier molecular flexibility index (Phi) is 9.37. The first kappa shape index (κ1) is 27.2. The van der Waals surface area contributed by atoms with Gasteiger partial charge >= 0.3 is 0 Å². The highest BCUT2D eigenvalue weighted by Gasteiger charge is 2.34. The van der Waals surface area contributed by atoms with E-state index in [0.29, 0.717) is 36.1 Å². The van der Waals surface area contributed by atoms with E-state index < -0.39 is 5.25 Å². The molecule has 0 aliphatic carbocycles. The topological polar surface area (TPSA) is 100 Å². The molecule has 0 unspecified atom stereocenters. The second-order valence-electron chi connectivity index (χ2n) is 8.81. The van der Waals surface area contributed by atoms with E-state index >= 15 is 0 Å². The predicted octanol–water partition coefficient (Wildman–Crippen LogP) is 6.23. The first-order valence-electron chi connectivity index (χ1n) is 12.3. The average molecular weight is 534 g/mol. The molecule has 3 aromatic rings. The van der Waals surface area contributed by atoms with Crippen LogP contribution in [-0.4, -0.2) is 58.3 Å². The lowest BCUT2D eigenvalue weighted by Crippen LogP contribution is -2.33. The summed E-state index contributed by atoms with van der Waals surface area (Å²) in [5, 5.41) is 3.18. The number of ether oxygens (including phenoxy) is 3. The first-order chi connectivity index (χ1) is 18.5. The van der Waals surface area contributed by atoms with Crippen molar-refractivity contribution < 1.29 is 19.0 Å². The van der Waals surface area contributed by atoms with Gasteiger partial charge in [0.25, 0.3) is 0 Å². The standard InChI is InChI=1S/C28H31N5O4S/c1-32(15-17-36-22-9-6-8-20(18-22)30-31-29)14-7-16-37-25-13-12-21(35-3)19-23(25)27-28(34)33(2)24-10-4-5-11-26(24)38-27/h4-6,8-13,18-19,27H,7,14-17H2,1-3H3/t27-/m0/s1. The Morgan fingerprint density at radius 2 is 1.87 bits per heavy atom. The van der Waals surface area contributed by atoms with Crippen LogP contribution in [0, 0.1) is 0 Å². The summed E-state index contributed by atoms with van der Waals surface area (Å²) in [7, 11) is 5.46. The fourth-order valence-electron chi connectivity index (χ4n) is 4.13. The molecule has 198 valence electrons. The maximum absolute atomic E-state index is 13.3. The second kappa shape index (κ2) is 13.1. The average Bonchev–Trinajstić information content (AvgIpc) is 2.93. The largest absolute Gasteiger partial charge is 0.497 e. The van der Waals surface area contributed by atoms with Crippen LogP contribution in [0.15, 0.2) is 76.7 Å². The van der Waals surface area contributed by atoms with Crippen LogP contribution >= 0.6 is 11.8 Å². The Morgan fingerprint density at radius 3 is 2.68 bits per heavy atom. The van der Waals surface area contributed by atoms with Crippen molar-refractivity contribution >= 4 is 29.0 Å². The van der Waals surface area contributed by atoms with Gasteiger partial charge in [-0.15, -0.1) is 11.8 Å². The summed E-state index contributed by atoms with van der Waals surface area (Å²) in [4.78, 5) is 21.0. The van der Waals surface area contributed by atoms with Crippen LogP contribution < -0.4 is 19.1 Å². The fraction of sp³-hybridized carbons (Fsp3) is 0.321. The van der Waals surface area contributed by atoms with Gasteiger partial charge in [-0.2, -0.15) is 0 Å². The number of thioether (sulfide) groups is 1. The SMILES string of the molecule is COc1ccc(OCCCN(C)CCOc2cccc(N=[N+]=[N-])c2)c([C@@H]2Sc3ccccc3N(C)C2=O)c1. The molecule has 0 bridgehead atoms. The van der Waals surface area contributed by atoms with Crippen LogP contribution in [0.5, 0.6) is 17.2 Å². The third-order valence-corrected chi connectivity index (χ3v) is 7.48. The lowest BCUT2D eigenvalue weighted by Gasteiger charge is -2.32. The quantitative estimate of drug-likeness (QED) is 0.118. The number of carbonyl (C=O) groups excluding carboxylic acids is 1. The Hall–Kier alpha value is -3.85. The van der Waals surface area contributed by atoms with Crippen molar-refractivity contribution in [2.75, 3.05) is 52.4 Å². The number of hydrogen-bond acceptors (Lipinski definition) is 7. The molecular weight excluding hydrogens is 502 g/mol. The molecule has 0 saturated carbocycles. The molecule has 1 atom stereocenters. The van der Waals surface area contributed by atoms with Gasteiger partial charge in [0.15, 0.2) is 0 Å². The number of hydrogen-bond donors (Lipinski definition) is 0. The van der Waals surface area contributed by atoms with E-state index in [1.807, 2.05) is 62.6 Å². The lowest BCUT2D eigenvalue weighted by atomic mass is 10.1. The number of fused-ring (bicyclic) bond motifs is 1. The molecule has 38 heavy (non-hydrogen) atoms. The summed E-state index contributed by atoms with van der Waals surface area (Å²) in [5.74, 6) is 2.06. The van der Waals surface area contributed by atoms with E-state index in [4.69, 9.17) is 19.7 Å². The molecule has 1 aliphatic rings. The number of carbonyl (C=O) groups is 1. The number of azide groups is 1. The Morgan fingerprint density at radius 1 is 1.03 bits per heavy atom. The van der Waals surface area contributed by atoms with Gasteiger partial charge in [0.2, 0.25) is 5.91 Å². The molecule has 1 aliphatic heterocycles. The van der Waals surface area contributed by atoms with Crippen molar-refractivity contribution in [2.24, 2.45) is 5.11 Å². The number of rotatable bonds is 12. The molecule has 0 aromatic heterocycles. The number of anilines is 1. The van der Waals surface area contributed by atoms with Gasteiger partial charge in [0, 0.05) is 41.2 Å². The van der Waals surface area contributed by atoms with Crippen molar-refractivity contribution in [2.45, 2.75) is 16.6 Å². The van der Waals surface area contributed by atoms with Gasteiger partial charge in [0.05, 0.1) is 19.4 Å². The van der Waals surface area contributed by atoms with Gasteiger partial charge in [-0.05, 0) is 61.5 Å². The summed E-state index contributed by atoms with van der Waals surface area (Å²) in [6.45, 7) is 2.58. The Labute approximate surface area is 226 Å². The molecule has 0 saturated heterocycles. The van der Waals surface area contributed by atoms with E-state index in [1.165, 1.54) is 11.8 Å². The highest BCUT2D eigenvalue weighted by Crippen LogP contribution is 2.48. The molecule has 1 amide bonds. The molecule has 0 radical (unpaired) electrons. The zero-order chi connectivity index (χ0) is 26.9. The van der Waals surface area contributed by atoms with E-state index in [0.717, 1.165) is 35.7 Å². The highest BCUT2D eigenvalue weighted by atomic mass is 32.2. The van der Waals surface area contributed by atoms with Crippen molar-refractivity contribution in [1.29, 1.82) is 0 Å². The van der Waals surface area contributed by atoms with Crippen LogP contribution in [0.1, 0.15) is 17.2 Å². The van der Waals surface area contributed by atoms with E-state index in [1.54, 1.807) is 30.2 Å². The molecule has 0 N–H and O–H groups in total. The maximum atomic E-state index is 13.3. The van der Waals surface area contributed by atoms with Crippen molar-refractivity contribution in [3.8, 4) is 17.2 Å². The van der Waals surface area contributed by atoms with Crippen molar-refractivity contribution in [3.05, 3.63) is 82.7 Å². The third kappa shape index (κ3) is 6.72. The second-order valence-corrected chi connectivity index (χ2v) is 9.95. The summed E-state index contributed by atoms with van der Waals surface area (Å²) in [5.41, 5.74) is 10.8. The number of nitrogens with zero attached hydrogens (tertiary/aromatic N) is 5. The van der Waals surface area contributed by atoms with Gasteiger partial charge < -0.3 is 24.0 Å². The molecule has 10 heteroatoms. The van der Waals surface area contributed by atoms with Crippen LogP contribution in [0.2, 0.25) is 0 Å². The molecule has 4 rings (SSSR count). The summed E-state index contributed by atoms with van der Waals surface area (Å²) in [6.07, 6.45) is 0.808. The first-order valence-corrected chi connectivity index (χ1v) is 13.2. The van der Waals surface area contributed by atoms with Crippen LogP contribution in [0.3, 0.4) is 0 Å². The molecule has 0 fully saturated rings. The Balaban J connectivity index is 1.31. The maximum Gasteiger partial charge on any atom is 0.244 e. The van der Waals surface area contributed by atoms with Gasteiger partial charge in [-0.25, -0.2) is 0 Å².